The average molecular weight is 513 g/mol. The predicted octanol–water partition coefficient (Wildman–Crippen LogP) is 3.12. The number of hydrogen-bond acceptors (Lipinski definition) is 7. The number of nitrogens with zero attached hydrogens (tertiary/aromatic N) is 3. The highest BCUT2D eigenvalue weighted by atomic mass is 35.5. The van der Waals surface area contributed by atoms with Gasteiger partial charge in [0.15, 0.2) is 0 Å². The number of halogens is 3. The third kappa shape index (κ3) is 5.22. The molecule has 0 unspecified atom stereocenters. The van der Waals surface area contributed by atoms with Gasteiger partial charge >= 0.3 is 0 Å². The summed E-state index contributed by atoms with van der Waals surface area (Å²) in [6.45, 7) is 2.35. The second-order valence-electron chi connectivity index (χ2n) is 7.65. The Morgan fingerprint density at radius 3 is 2.68 bits per heavy atom. The van der Waals surface area contributed by atoms with E-state index in [0.717, 1.165) is 0 Å². The molecule has 1 aromatic heterocycles. The van der Waals surface area contributed by atoms with Gasteiger partial charge in [0.25, 0.3) is 0 Å². The molecule has 8 nitrogen and oxygen atoms in total. The number of hydrogen-bond donors (Lipinski definition) is 2. The van der Waals surface area contributed by atoms with Crippen LogP contribution in [-0.4, -0.2) is 58.3 Å². The van der Waals surface area contributed by atoms with E-state index in [2.05, 4.69) is 14.7 Å². The van der Waals surface area contributed by atoms with E-state index in [1.165, 1.54) is 25.3 Å². The molecular formula is C22H23ClF2N4O4S. The Bertz CT molecular complexity index is 1280. The quantitative estimate of drug-likeness (QED) is 0.272. The van der Waals surface area contributed by atoms with Crippen LogP contribution in [0.5, 0.6) is 5.75 Å². The summed E-state index contributed by atoms with van der Waals surface area (Å²) in [6.07, 6.45) is 0.595. The number of methoxy groups -OCH3 is 1. The van der Waals surface area contributed by atoms with Gasteiger partial charge in [0, 0.05) is 25.0 Å². The SMILES string of the molecule is COc1cc(-c2c(F)ccc(CCCN[SH](=O)=O)c2F)cc2c(N3CCOCC3)nc(Cl)nc12. The molecule has 0 amide bonds. The van der Waals surface area contributed by atoms with Gasteiger partial charge in [0.05, 0.1) is 25.9 Å². The summed E-state index contributed by atoms with van der Waals surface area (Å²) in [5.74, 6) is -0.603. The van der Waals surface area contributed by atoms with Crippen LogP contribution in [0.3, 0.4) is 0 Å². The van der Waals surface area contributed by atoms with Crippen molar-refractivity contribution in [3.63, 3.8) is 0 Å². The number of aromatic nitrogens is 2. The first-order valence-corrected chi connectivity index (χ1v) is 12.2. The van der Waals surface area contributed by atoms with Crippen molar-refractivity contribution < 1.29 is 26.7 Å². The standard InChI is InChI=1S/C22H23ClF2N4O4S/c1-32-17-12-14(18-16(24)5-4-13(19(18)25)3-2-6-26-34(30)31)11-15-20(17)27-22(23)28-21(15)29-7-9-33-10-8-29/h4-5,11-12,34H,2-3,6-10H2,1H3,(H,26,30,31). The number of ether oxygens (including phenoxy) is 2. The molecule has 0 bridgehead atoms. The second-order valence-corrected chi connectivity index (χ2v) is 8.82. The summed E-state index contributed by atoms with van der Waals surface area (Å²) >= 11 is 6.18. The van der Waals surface area contributed by atoms with E-state index in [-0.39, 0.29) is 34.9 Å². The lowest BCUT2D eigenvalue weighted by atomic mass is 9.97. The van der Waals surface area contributed by atoms with Gasteiger partial charge in [-0.3, -0.25) is 0 Å². The highest BCUT2D eigenvalue weighted by molar-refractivity contribution is 7.70. The Morgan fingerprint density at radius 1 is 1.21 bits per heavy atom. The molecule has 0 aliphatic carbocycles. The zero-order valence-corrected chi connectivity index (χ0v) is 20.0. The lowest BCUT2D eigenvalue weighted by Gasteiger charge is -2.29. The van der Waals surface area contributed by atoms with Crippen molar-refractivity contribution >= 4 is 39.2 Å². The molecule has 34 heavy (non-hydrogen) atoms. The first-order chi connectivity index (χ1) is 16.4. The van der Waals surface area contributed by atoms with Crippen molar-refractivity contribution in [1.29, 1.82) is 0 Å². The third-order valence-corrected chi connectivity index (χ3v) is 6.22. The first-order valence-electron chi connectivity index (χ1n) is 10.6. The zero-order valence-electron chi connectivity index (χ0n) is 18.3. The van der Waals surface area contributed by atoms with Gasteiger partial charge in [0.1, 0.15) is 28.7 Å². The molecule has 1 aliphatic rings. The first kappa shape index (κ1) is 24.5. The smallest absolute Gasteiger partial charge is 0.225 e. The number of thiol groups is 1. The van der Waals surface area contributed by atoms with E-state index in [9.17, 15) is 12.8 Å². The van der Waals surface area contributed by atoms with Gasteiger partial charge in [-0.25, -0.2) is 26.9 Å². The van der Waals surface area contributed by atoms with E-state index < -0.39 is 22.5 Å². The van der Waals surface area contributed by atoms with Gasteiger partial charge in [-0.2, -0.15) is 4.98 Å². The molecule has 12 heteroatoms. The van der Waals surface area contributed by atoms with Crippen LogP contribution >= 0.6 is 11.6 Å². The summed E-state index contributed by atoms with van der Waals surface area (Å²) in [4.78, 5) is 10.7. The minimum atomic E-state index is -2.72. The van der Waals surface area contributed by atoms with Crippen LogP contribution in [0.15, 0.2) is 24.3 Å². The van der Waals surface area contributed by atoms with Gasteiger partial charge in [0.2, 0.25) is 16.2 Å². The minimum Gasteiger partial charge on any atom is -0.494 e. The summed E-state index contributed by atoms with van der Waals surface area (Å²) in [5.41, 5.74) is 0.771. The molecular weight excluding hydrogens is 490 g/mol. The monoisotopic (exact) mass is 512 g/mol. The predicted molar refractivity (Wildman–Crippen MR) is 126 cm³/mol. The van der Waals surface area contributed by atoms with Crippen LogP contribution in [0.1, 0.15) is 12.0 Å². The molecule has 1 saturated heterocycles. The Balaban J connectivity index is 1.81. The number of aryl methyl sites for hydroxylation is 1. The fourth-order valence-corrected chi connectivity index (χ4v) is 4.48. The van der Waals surface area contributed by atoms with Crippen molar-refractivity contribution in [3.05, 3.63) is 46.7 Å². The van der Waals surface area contributed by atoms with E-state index in [4.69, 9.17) is 21.1 Å². The maximum atomic E-state index is 15.5. The Hall–Kier alpha value is -2.60. The molecule has 2 heterocycles. The Morgan fingerprint density at radius 2 is 1.97 bits per heavy atom. The highest BCUT2D eigenvalue weighted by Gasteiger charge is 2.22. The summed E-state index contributed by atoms with van der Waals surface area (Å²) < 4.78 is 64.9. The maximum absolute atomic E-state index is 15.5. The van der Waals surface area contributed by atoms with Crippen LogP contribution in [-0.2, 0) is 22.0 Å². The van der Waals surface area contributed by atoms with Crippen molar-refractivity contribution in [3.8, 4) is 16.9 Å². The molecule has 0 radical (unpaired) electrons. The van der Waals surface area contributed by atoms with E-state index in [0.29, 0.717) is 55.2 Å². The number of benzene rings is 2. The van der Waals surface area contributed by atoms with Crippen molar-refractivity contribution in [1.82, 2.24) is 14.7 Å². The molecule has 182 valence electrons. The van der Waals surface area contributed by atoms with Gasteiger partial charge in [-0.1, -0.05) is 6.07 Å². The molecule has 0 spiro atoms. The number of morpholine rings is 1. The molecule has 1 fully saturated rings. The number of anilines is 1. The summed E-state index contributed by atoms with van der Waals surface area (Å²) in [5, 5.41) is 0.584. The molecule has 0 saturated carbocycles. The molecule has 3 aromatic rings. The fourth-order valence-electron chi connectivity index (χ4n) is 3.98. The Kier molecular flexibility index (Phi) is 7.77. The second kappa shape index (κ2) is 10.8. The van der Waals surface area contributed by atoms with Gasteiger partial charge in [-0.05, 0) is 53.8 Å². The van der Waals surface area contributed by atoms with Crippen LogP contribution in [0, 0.1) is 11.6 Å². The summed E-state index contributed by atoms with van der Waals surface area (Å²) in [7, 11) is -1.28. The summed E-state index contributed by atoms with van der Waals surface area (Å²) in [6, 6.07) is 5.72. The lowest BCUT2D eigenvalue weighted by Crippen LogP contribution is -2.37. The number of nitrogens with one attached hydrogen (secondary N) is 1. The number of fused-ring (bicyclic) bond motifs is 1. The largest absolute Gasteiger partial charge is 0.494 e. The molecule has 1 aliphatic heterocycles. The van der Waals surface area contributed by atoms with Crippen LogP contribution in [0.25, 0.3) is 22.0 Å². The van der Waals surface area contributed by atoms with E-state index >= 15 is 4.39 Å². The highest BCUT2D eigenvalue weighted by Crippen LogP contribution is 2.38. The number of rotatable bonds is 8. The molecule has 4 rings (SSSR count). The van der Waals surface area contributed by atoms with E-state index in [1.54, 1.807) is 6.07 Å². The normalized spacial score (nSPS) is 14.2. The van der Waals surface area contributed by atoms with Crippen LogP contribution in [0.2, 0.25) is 5.28 Å². The lowest BCUT2D eigenvalue weighted by molar-refractivity contribution is 0.122. The zero-order chi connectivity index (χ0) is 24.2. The van der Waals surface area contributed by atoms with Crippen molar-refractivity contribution in [2.24, 2.45) is 0 Å². The van der Waals surface area contributed by atoms with Crippen molar-refractivity contribution in [2.75, 3.05) is 44.9 Å². The third-order valence-electron chi connectivity index (χ3n) is 5.57. The van der Waals surface area contributed by atoms with Crippen LogP contribution < -0.4 is 14.4 Å². The fraction of sp³-hybridized carbons (Fsp3) is 0.364. The topological polar surface area (TPSA) is 93.7 Å². The molecule has 0 atom stereocenters. The minimum absolute atomic E-state index is 0.0350. The Labute approximate surface area is 201 Å². The van der Waals surface area contributed by atoms with E-state index in [1.807, 2.05) is 4.90 Å². The molecule has 2 aromatic carbocycles. The van der Waals surface area contributed by atoms with Gasteiger partial charge < -0.3 is 14.4 Å². The molecule has 1 N–H and O–H groups in total. The maximum Gasteiger partial charge on any atom is 0.225 e. The van der Waals surface area contributed by atoms with Gasteiger partial charge in [-0.15, -0.1) is 0 Å². The van der Waals surface area contributed by atoms with Crippen LogP contribution in [0.4, 0.5) is 14.6 Å². The average Bonchev–Trinajstić information content (AvgIpc) is 2.82. The van der Waals surface area contributed by atoms with Crippen molar-refractivity contribution in [2.45, 2.75) is 12.8 Å².